The smallest absolute Gasteiger partial charge is 0.329 e. The number of aliphatic carboxylic acids is 1. The number of carboxylic acids is 1. The van der Waals surface area contributed by atoms with Gasteiger partial charge in [0.05, 0.1) is 0 Å². The molecule has 0 aliphatic carbocycles. The molecule has 8 nitrogen and oxygen atoms in total. The van der Waals surface area contributed by atoms with Crippen molar-refractivity contribution < 1.29 is 14.7 Å². The highest BCUT2D eigenvalue weighted by Gasteiger charge is 2.38. The number of rotatable bonds is 4. The maximum atomic E-state index is 11.9. The zero-order valence-corrected chi connectivity index (χ0v) is 9.26. The first-order valence-electron chi connectivity index (χ1n) is 4.70. The zero-order valence-electron chi connectivity index (χ0n) is 9.26. The van der Waals surface area contributed by atoms with Crippen molar-refractivity contribution in [2.75, 3.05) is 6.54 Å². The molecule has 1 aromatic rings. The van der Waals surface area contributed by atoms with E-state index in [2.05, 4.69) is 20.6 Å². The largest absolute Gasteiger partial charge is 0.480 e. The number of nitrogens with zero attached hydrogens (tertiary/aromatic N) is 4. The quantitative estimate of drug-likeness (QED) is 0.718. The Morgan fingerprint density at radius 3 is 2.50 bits per heavy atom. The van der Waals surface area contributed by atoms with Gasteiger partial charge in [-0.15, -0.1) is 10.2 Å². The van der Waals surface area contributed by atoms with Crippen LogP contribution in [0.25, 0.3) is 0 Å². The van der Waals surface area contributed by atoms with E-state index in [1.165, 1.54) is 18.7 Å². The molecule has 2 N–H and O–H groups in total. The van der Waals surface area contributed by atoms with E-state index in [-0.39, 0.29) is 12.4 Å². The van der Waals surface area contributed by atoms with E-state index >= 15 is 0 Å². The van der Waals surface area contributed by atoms with Gasteiger partial charge in [0.2, 0.25) is 0 Å². The molecule has 8 heteroatoms. The number of carbonyl (C=O) groups is 2. The van der Waals surface area contributed by atoms with E-state index < -0.39 is 17.4 Å². The second-order valence-electron chi connectivity index (χ2n) is 3.65. The van der Waals surface area contributed by atoms with E-state index in [1.807, 2.05) is 0 Å². The predicted octanol–water partition coefficient (Wildman–Crippen LogP) is -0.475. The number of nitrogens with one attached hydrogen (secondary N) is 1. The molecule has 0 saturated carbocycles. The Morgan fingerprint density at radius 1 is 1.50 bits per heavy atom. The lowest BCUT2D eigenvalue weighted by molar-refractivity contribution is -0.147. The highest BCUT2D eigenvalue weighted by Crippen LogP contribution is 2.16. The van der Waals surface area contributed by atoms with Gasteiger partial charge in [0.25, 0.3) is 11.7 Å². The highest BCUT2D eigenvalue weighted by atomic mass is 16.4. The monoisotopic (exact) mass is 227 g/mol. The van der Waals surface area contributed by atoms with Gasteiger partial charge in [-0.05, 0) is 26.0 Å². The summed E-state index contributed by atoms with van der Waals surface area (Å²) in [6.45, 7) is 4.81. The summed E-state index contributed by atoms with van der Waals surface area (Å²) in [6.07, 6.45) is 0. The van der Waals surface area contributed by atoms with Crippen LogP contribution in [0.2, 0.25) is 0 Å². The second kappa shape index (κ2) is 4.25. The average Bonchev–Trinajstić information content (AvgIpc) is 2.70. The van der Waals surface area contributed by atoms with Crippen molar-refractivity contribution in [3.8, 4) is 0 Å². The van der Waals surface area contributed by atoms with Gasteiger partial charge in [-0.1, -0.05) is 0 Å². The lowest BCUT2D eigenvalue weighted by Gasteiger charge is -2.33. The van der Waals surface area contributed by atoms with Crippen LogP contribution in [0.15, 0.2) is 0 Å². The van der Waals surface area contributed by atoms with Gasteiger partial charge < -0.3 is 10.0 Å². The van der Waals surface area contributed by atoms with Crippen molar-refractivity contribution in [3.63, 3.8) is 0 Å². The van der Waals surface area contributed by atoms with Crippen LogP contribution < -0.4 is 0 Å². The number of H-pyrrole nitrogens is 1. The Balaban J connectivity index is 3.00. The molecule has 0 unspecified atom stereocenters. The number of likely N-dealkylation sites (N-methyl/N-ethyl adjacent to an activating group) is 1. The molecule has 1 heterocycles. The number of hydrogen-bond donors (Lipinski definition) is 2. The van der Waals surface area contributed by atoms with Crippen LogP contribution in [0.1, 0.15) is 31.4 Å². The fourth-order valence-electron chi connectivity index (χ4n) is 1.28. The SMILES string of the molecule is CCN(C(=O)c1nn[nH]n1)C(C)(C)C(=O)O. The fraction of sp³-hybridized carbons (Fsp3) is 0.625. The summed E-state index contributed by atoms with van der Waals surface area (Å²) in [5, 5.41) is 21.5. The minimum Gasteiger partial charge on any atom is -0.480 e. The Bertz CT molecular complexity index is 386. The standard InChI is InChI=1S/C8H13N5O3/c1-4-13(8(2,3)7(15)16)6(14)5-9-11-12-10-5/h4H2,1-3H3,(H,15,16)(H,9,10,11,12). The minimum absolute atomic E-state index is 0.142. The van der Waals surface area contributed by atoms with Crippen LogP contribution in [-0.2, 0) is 4.79 Å². The van der Waals surface area contributed by atoms with Crippen LogP contribution in [0.3, 0.4) is 0 Å². The molecule has 1 rings (SSSR count). The highest BCUT2D eigenvalue weighted by molar-refractivity contribution is 5.94. The molecule has 0 aliphatic heterocycles. The van der Waals surface area contributed by atoms with Crippen LogP contribution >= 0.6 is 0 Å². The molecule has 0 aromatic carbocycles. The molecule has 1 amide bonds. The molecule has 0 atom stereocenters. The summed E-state index contributed by atoms with van der Waals surface area (Å²) in [5.74, 6) is -1.80. The lowest BCUT2D eigenvalue weighted by Crippen LogP contribution is -2.53. The number of aromatic amines is 1. The first-order chi connectivity index (χ1) is 7.41. The van der Waals surface area contributed by atoms with Gasteiger partial charge >= 0.3 is 5.97 Å². The number of amides is 1. The third-order valence-electron chi connectivity index (χ3n) is 2.30. The zero-order chi connectivity index (χ0) is 12.3. The van der Waals surface area contributed by atoms with E-state index in [1.54, 1.807) is 6.92 Å². The third kappa shape index (κ3) is 2.00. The first-order valence-corrected chi connectivity index (χ1v) is 4.70. The maximum Gasteiger partial charge on any atom is 0.329 e. The van der Waals surface area contributed by atoms with Gasteiger partial charge in [0, 0.05) is 6.54 Å². The van der Waals surface area contributed by atoms with Crippen LogP contribution in [-0.4, -0.2) is 54.6 Å². The molecular weight excluding hydrogens is 214 g/mol. The van der Waals surface area contributed by atoms with Gasteiger partial charge in [-0.25, -0.2) is 4.79 Å². The van der Waals surface area contributed by atoms with Crippen molar-refractivity contribution in [2.45, 2.75) is 26.3 Å². The van der Waals surface area contributed by atoms with Crippen molar-refractivity contribution in [3.05, 3.63) is 5.82 Å². The Morgan fingerprint density at radius 2 is 2.12 bits per heavy atom. The van der Waals surface area contributed by atoms with Crippen molar-refractivity contribution in [2.24, 2.45) is 0 Å². The lowest BCUT2D eigenvalue weighted by atomic mass is 10.0. The van der Waals surface area contributed by atoms with Crippen molar-refractivity contribution >= 4 is 11.9 Å². The normalized spacial score (nSPS) is 11.2. The number of carboxylic acid groups (broad SMARTS) is 1. The van der Waals surface area contributed by atoms with Crippen molar-refractivity contribution in [1.82, 2.24) is 25.5 Å². The number of hydrogen-bond acceptors (Lipinski definition) is 5. The molecule has 0 bridgehead atoms. The molecule has 0 spiro atoms. The summed E-state index contributed by atoms with van der Waals surface area (Å²) >= 11 is 0. The molecule has 0 fully saturated rings. The topological polar surface area (TPSA) is 112 Å². The van der Waals surface area contributed by atoms with E-state index in [0.29, 0.717) is 0 Å². The van der Waals surface area contributed by atoms with Crippen molar-refractivity contribution in [1.29, 1.82) is 0 Å². The summed E-state index contributed by atoms with van der Waals surface area (Å²) in [5.41, 5.74) is -1.31. The molecule has 1 aromatic heterocycles. The fourth-order valence-corrected chi connectivity index (χ4v) is 1.28. The summed E-state index contributed by atoms with van der Waals surface area (Å²) in [7, 11) is 0. The predicted molar refractivity (Wildman–Crippen MR) is 52.6 cm³/mol. The molecule has 0 aliphatic rings. The molecule has 0 radical (unpaired) electrons. The van der Waals surface area contributed by atoms with Crippen LogP contribution in [0.5, 0.6) is 0 Å². The first kappa shape index (κ1) is 12.1. The Kier molecular flexibility index (Phi) is 3.21. The maximum absolute atomic E-state index is 11.9. The number of tetrazole rings is 1. The summed E-state index contributed by atoms with van der Waals surface area (Å²) in [4.78, 5) is 24.1. The molecule has 88 valence electrons. The van der Waals surface area contributed by atoms with E-state index in [0.717, 1.165) is 0 Å². The van der Waals surface area contributed by atoms with Gasteiger partial charge in [-0.3, -0.25) is 4.79 Å². The molecule has 0 saturated heterocycles. The molecular formula is C8H13N5O3. The average molecular weight is 227 g/mol. The van der Waals surface area contributed by atoms with E-state index in [9.17, 15) is 9.59 Å². The third-order valence-corrected chi connectivity index (χ3v) is 2.30. The minimum atomic E-state index is -1.31. The van der Waals surface area contributed by atoms with Gasteiger partial charge in [0.15, 0.2) is 0 Å². The number of aromatic nitrogens is 4. The van der Waals surface area contributed by atoms with Gasteiger partial charge in [-0.2, -0.15) is 5.21 Å². The summed E-state index contributed by atoms with van der Waals surface area (Å²) in [6, 6.07) is 0. The molecule has 16 heavy (non-hydrogen) atoms. The second-order valence-corrected chi connectivity index (χ2v) is 3.65. The summed E-state index contributed by atoms with van der Waals surface area (Å²) < 4.78 is 0. The Labute approximate surface area is 91.6 Å². The van der Waals surface area contributed by atoms with Gasteiger partial charge in [0.1, 0.15) is 5.54 Å². The number of carbonyl (C=O) groups excluding carboxylic acids is 1. The van der Waals surface area contributed by atoms with Crippen LogP contribution in [0, 0.1) is 0 Å². The van der Waals surface area contributed by atoms with E-state index in [4.69, 9.17) is 5.11 Å². The van der Waals surface area contributed by atoms with Crippen LogP contribution in [0.4, 0.5) is 0 Å². The Hall–Kier alpha value is -1.99.